The molecule has 0 aliphatic carbocycles. The van der Waals surface area contributed by atoms with Crippen LogP contribution in [-0.4, -0.2) is 14.8 Å². The van der Waals surface area contributed by atoms with E-state index < -0.39 is 0 Å². The van der Waals surface area contributed by atoms with Gasteiger partial charge >= 0.3 is 0 Å². The van der Waals surface area contributed by atoms with Crippen LogP contribution < -0.4 is 11.1 Å². The fraction of sp³-hybridized carbons (Fsp3) is 0.263. The van der Waals surface area contributed by atoms with Crippen LogP contribution in [0.3, 0.4) is 0 Å². The minimum atomic E-state index is -0.388. The summed E-state index contributed by atoms with van der Waals surface area (Å²) >= 11 is 6.32. The molecule has 2 aromatic carbocycles. The lowest BCUT2D eigenvalue weighted by molar-refractivity contribution is 0.416. The first kappa shape index (κ1) is 16.8. The third-order valence-electron chi connectivity index (χ3n) is 4.83. The number of halogens is 2. The number of anilines is 2. The van der Waals surface area contributed by atoms with E-state index in [1.54, 1.807) is 16.8 Å². The van der Waals surface area contributed by atoms with Crippen molar-refractivity contribution in [3.05, 3.63) is 70.0 Å². The van der Waals surface area contributed by atoms with Crippen LogP contribution in [0.5, 0.6) is 0 Å². The van der Waals surface area contributed by atoms with E-state index in [1.807, 2.05) is 0 Å². The second-order valence-electron chi connectivity index (χ2n) is 6.42. The summed E-state index contributed by atoms with van der Waals surface area (Å²) in [5.41, 5.74) is 8.57. The molecule has 5 nitrogen and oxygen atoms in total. The molecule has 26 heavy (non-hydrogen) atoms. The van der Waals surface area contributed by atoms with Crippen molar-refractivity contribution in [3.63, 3.8) is 0 Å². The van der Waals surface area contributed by atoms with Crippen LogP contribution in [0.2, 0.25) is 5.02 Å². The van der Waals surface area contributed by atoms with E-state index in [4.69, 9.17) is 17.3 Å². The number of hydrogen-bond acceptors (Lipinski definition) is 4. The minimum Gasteiger partial charge on any atom is -0.366 e. The van der Waals surface area contributed by atoms with Gasteiger partial charge < -0.3 is 11.1 Å². The average Bonchev–Trinajstić information content (AvgIpc) is 3.02. The zero-order valence-electron chi connectivity index (χ0n) is 14.3. The van der Waals surface area contributed by atoms with E-state index in [0.29, 0.717) is 23.0 Å². The van der Waals surface area contributed by atoms with Crippen molar-refractivity contribution in [1.29, 1.82) is 0 Å². The Morgan fingerprint density at radius 3 is 2.73 bits per heavy atom. The summed E-state index contributed by atoms with van der Waals surface area (Å²) in [6.45, 7) is 2.12. The summed E-state index contributed by atoms with van der Waals surface area (Å²) in [7, 11) is 0. The second-order valence-corrected chi connectivity index (χ2v) is 6.82. The smallest absolute Gasteiger partial charge is 0.241 e. The average molecular weight is 372 g/mol. The zero-order chi connectivity index (χ0) is 18.3. The van der Waals surface area contributed by atoms with Crippen molar-refractivity contribution < 1.29 is 4.39 Å². The van der Waals surface area contributed by atoms with E-state index in [0.717, 1.165) is 12.0 Å². The lowest BCUT2D eigenvalue weighted by Crippen LogP contribution is -2.28. The van der Waals surface area contributed by atoms with Gasteiger partial charge in [0, 0.05) is 10.6 Å². The van der Waals surface area contributed by atoms with Gasteiger partial charge in [0.1, 0.15) is 5.82 Å². The second kappa shape index (κ2) is 6.61. The Bertz CT molecular complexity index is 917. The van der Waals surface area contributed by atoms with Gasteiger partial charge in [-0.05, 0) is 36.1 Å². The molecule has 2 atom stereocenters. The molecule has 0 amide bonds. The van der Waals surface area contributed by atoms with E-state index in [9.17, 15) is 4.39 Å². The van der Waals surface area contributed by atoms with Crippen molar-refractivity contribution in [3.8, 4) is 0 Å². The minimum absolute atomic E-state index is 0.0438. The fourth-order valence-corrected chi connectivity index (χ4v) is 3.76. The maximum atomic E-state index is 14.6. The number of aromatic nitrogens is 3. The van der Waals surface area contributed by atoms with Gasteiger partial charge in [-0.15, -0.1) is 5.10 Å². The van der Waals surface area contributed by atoms with Gasteiger partial charge in [-0.25, -0.2) is 9.07 Å². The number of aryl methyl sites for hydroxylation is 1. The molecule has 0 fully saturated rings. The van der Waals surface area contributed by atoms with Crippen LogP contribution in [0.15, 0.2) is 42.5 Å². The standard InChI is InChI=1S/C19H19ClFN5/c1-2-11-6-8-12(9-7-11)15-10-16(17-13(20)4-3-5-14(17)21)26-19(23-15)24-18(22)25-26/h3-9,15-16H,2,10H2,1H3,(H3,22,23,24,25)/t15-,16-/m1/s1. The summed E-state index contributed by atoms with van der Waals surface area (Å²) in [6, 6.07) is 12.7. The molecule has 1 aromatic heterocycles. The number of nitrogens with two attached hydrogens (primary N) is 1. The Kier molecular flexibility index (Phi) is 4.28. The predicted molar refractivity (Wildman–Crippen MR) is 101 cm³/mol. The lowest BCUT2D eigenvalue weighted by Gasteiger charge is -2.32. The third-order valence-corrected chi connectivity index (χ3v) is 5.16. The van der Waals surface area contributed by atoms with Gasteiger partial charge in [-0.3, -0.25) is 0 Å². The number of nitrogen functional groups attached to an aromatic ring is 1. The lowest BCUT2D eigenvalue weighted by atomic mass is 9.92. The van der Waals surface area contributed by atoms with Gasteiger partial charge in [0.05, 0.1) is 12.1 Å². The van der Waals surface area contributed by atoms with E-state index >= 15 is 0 Å². The van der Waals surface area contributed by atoms with E-state index in [1.165, 1.54) is 11.6 Å². The van der Waals surface area contributed by atoms with Gasteiger partial charge in [0.15, 0.2) is 0 Å². The third kappa shape index (κ3) is 2.90. The highest BCUT2D eigenvalue weighted by Crippen LogP contribution is 2.41. The molecule has 4 rings (SSSR count). The number of fused-ring (bicyclic) bond motifs is 1. The van der Waals surface area contributed by atoms with Crippen molar-refractivity contribution in [2.45, 2.75) is 31.8 Å². The van der Waals surface area contributed by atoms with Crippen LogP contribution in [0.4, 0.5) is 16.3 Å². The normalized spacial score (nSPS) is 19.0. The summed E-state index contributed by atoms with van der Waals surface area (Å²) in [4.78, 5) is 4.25. The molecule has 0 spiro atoms. The topological polar surface area (TPSA) is 68.8 Å². The number of rotatable bonds is 3. The predicted octanol–water partition coefficient (Wildman–Crippen LogP) is 4.36. The highest BCUT2D eigenvalue weighted by atomic mass is 35.5. The number of nitrogens with one attached hydrogen (secondary N) is 1. The summed E-state index contributed by atoms with van der Waals surface area (Å²) in [5, 5.41) is 7.97. The highest BCUT2D eigenvalue weighted by molar-refractivity contribution is 6.31. The van der Waals surface area contributed by atoms with Gasteiger partial charge in [0.25, 0.3) is 0 Å². The van der Waals surface area contributed by atoms with Gasteiger partial charge in [0.2, 0.25) is 11.9 Å². The van der Waals surface area contributed by atoms with Crippen LogP contribution in [0.25, 0.3) is 0 Å². The number of hydrogen-bond donors (Lipinski definition) is 2. The molecule has 1 aliphatic heterocycles. The highest BCUT2D eigenvalue weighted by Gasteiger charge is 2.33. The van der Waals surface area contributed by atoms with E-state index in [2.05, 4.69) is 46.6 Å². The Hall–Kier alpha value is -2.60. The van der Waals surface area contributed by atoms with Crippen molar-refractivity contribution in [2.24, 2.45) is 0 Å². The molecule has 0 bridgehead atoms. The Morgan fingerprint density at radius 1 is 1.27 bits per heavy atom. The monoisotopic (exact) mass is 371 g/mol. The van der Waals surface area contributed by atoms with Crippen LogP contribution in [-0.2, 0) is 6.42 Å². The van der Waals surface area contributed by atoms with Crippen molar-refractivity contribution >= 4 is 23.5 Å². The number of nitrogens with zero attached hydrogens (tertiary/aromatic N) is 3. The van der Waals surface area contributed by atoms with Gasteiger partial charge in [-0.2, -0.15) is 4.98 Å². The van der Waals surface area contributed by atoms with Crippen LogP contribution >= 0.6 is 11.6 Å². The molecule has 3 aromatic rings. The first-order chi connectivity index (χ1) is 12.6. The summed E-state index contributed by atoms with van der Waals surface area (Å²) in [6.07, 6.45) is 1.57. The Morgan fingerprint density at radius 2 is 2.04 bits per heavy atom. The quantitative estimate of drug-likeness (QED) is 0.717. The first-order valence-electron chi connectivity index (χ1n) is 8.58. The molecule has 3 N–H and O–H groups in total. The van der Waals surface area contributed by atoms with Gasteiger partial charge in [-0.1, -0.05) is 48.9 Å². The molecule has 7 heteroatoms. The molecular weight excluding hydrogens is 353 g/mol. The molecular formula is C19H19ClFN5. The molecule has 1 aliphatic rings. The molecule has 134 valence electrons. The Balaban J connectivity index is 1.78. The molecule has 0 saturated heterocycles. The fourth-order valence-electron chi connectivity index (χ4n) is 3.47. The number of benzene rings is 2. The summed E-state index contributed by atoms with van der Waals surface area (Å²) in [5.74, 6) is 0.305. The summed E-state index contributed by atoms with van der Waals surface area (Å²) < 4.78 is 16.2. The Labute approximate surface area is 156 Å². The maximum Gasteiger partial charge on any atom is 0.241 e. The van der Waals surface area contributed by atoms with Crippen LogP contribution in [0.1, 0.15) is 42.1 Å². The molecule has 0 saturated carbocycles. The molecule has 0 unspecified atom stereocenters. The SMILES string of the molecule is CCc1ccc([C@H]2C[C@H](c3c(F)cccc3Cl)n3nc(N)nc3N2)cc1. The largest absolute Gasteiger partial charge is 0.366 e. The van der Waals surface area contributed by atoms with Crippen molar-refractivity contribution in [2.75, 3.05) is 11.1 Å². The van der Waals surface area contributed by atoms with Crippen molar-refractivity contribution in [1.82, 2.24) is 14.8 Å². The zero-order valence-corrected chi connectivity index (χ0v) is 15.0. The van der Waals surface area contributed by atoms with E-state index in [-0.39, 0.29) is 23.8 Å². The molecule has 2 heterocycles. The first-order valence-corrected chi connectivity index (χ1v) is 8.96. The maximum absolute atomic E-state index is 14.6. The molecule has 0 radical (unpaired) electrons. The van der Waals surface area contributed by atoms with Crippen LogP contribution in [0, 0.1) is 5.82 Å².